The fourth-order valence-electron chi connectivity index (χ4n) is 3.28. The SMILES string of the molecule is Cc1nc(N2CCC(C)CC2)sc1CNC1CCCC1. The van der Waals surface area contributed by atoms with E-state index in [4.69, 9.17) is 4.98 Å². The van der Waals surface area contributed by atoms with Crippen LogP contribution < -0.4 is 10.2 Å². The van der Waals surface area contributed by atoms with Crippen molar-refractivity contribution in [1.29, 1.82) is 0 Å². The second-order valence-corrected chi connectivity index (χ2v) is 7.60. The van der Waals surface area contributed by atoms with Crippen LogP contribution >= 0.6 is 11.3 Å². The molecule has 2 heterocycles. The van der Waals surface area contributed by atoms with Crippen molar-refractivity contribution in [3.05, 3.63) is 10.6 Å². The van der Waals surface area contributed by atoms with Crippen LogP contribution in [0.4, 0.5) is 5.13 Å². The number of hydrogen-bond acceptors (Lipinski definition) is 4. The molecule has 0 aromatic carbocycles. The average molecular weight is 293 g/mol. The molecule has 2 fully saturated rings. The molecule has 1 N–H and O–H groups in total. The van der Waals surface area contributed by atoms with Crippen LogP contribution in [0.5, 0.6) is 0 Å². The van der Waals surface area contributed by atoms with Gasteiger partial charge in [0.2, 0.25) is 0 Å². The van der Waals surface area contributed by atoms with Crippen molar-refractivity contribution < 1.29 is 0 Å². The zero-order valence-electron chi connectivity index (χ0n) is 12.8. The van der Waals surface area contributed by atoms with Crippen LogP contribution in [0.25, 0.3) is 0 Å². The molecule has 0 bridgehead atoms. The Hall–Kier alpha value is -0.610. The van der Waals surface area contributed by atoms with Gasteiger partial charge in [-0.15, -0.1) is 11.3 Å². The molecular weight excluding hydrogens is 266 g/mol. The zero-order chi connectivity index (χ0) is 13.9. The molecule has 1 aliphatic carbocycles. The van der Waals surface area contributed by atoms with Gasteiger partial charge in [-0.2, -0.15) is 0 Å². The van der Waals surface area contributed by atoms with E-state index in [1.807, 2.05) is 11.3 Å². The maximum Gasteiger partial charge on any atom is 0.185 e. The maximum absolute atomic E-state index is 4.81. The molecule has 20 heavy (non-hydrogen) atoms. The monoisotopic (exact) mass is 293 g/mol. The highest BCUT2D eigenvalue weighted by Gasteiger charge is 2.20. The minimum atomic E-state index is 0.746. The Morgan fingerprint density at radius 2 is 1.90 bits per heavy atom. The van der Waals surface area contributed by atoms with Crippen molar-refractivity contribution in [2.45, 2.75) is 65.0 Å². The summed E-state index contributed by atoms with van der Waals surface area (Å²) in [5.41, 5.74) is 1.23. The number of nitrogens with one attached hydrogen (secondary N) is 1. The van der Waals surface area contributed by atoms with Gasteiger partial charge in [-0.05, 0) is 38.5 Å². The van der Waals surface area contributed by atoms with Crippen molar-refractivity contribution in [3.63, 3.8) is 0 Å². The first-order valence-electron chi connectivity index (χ1n) is 8.17. The molecule has 0 atom stereocenters. The molecule has 1 aromatic rings. The summed E-state index contributed by atoms with van der Waals surface area (Å²) < 4.78 is 0. The number of hydrogen-bond donors (Lipinski definition) is 1. The Morgan fingerprint density at radius 1 is 1.20 bits per heavy atom. The first-order chi connectivity index (χ1) is 9.72. The van der Waals surface area contributed by atoms with Crippen LogP contribution in [0.15, 0.2) is 0 Å². The second kappa shape index (κ2) is 6.44. The molecule has 112 valence electrons. The van der Waals surface area contributed by atoms with Crippen LogP contribution in [0.1, 0.15) is 56.0 Å². The highest BCUT2D eigenvalue weighted by Crippen LogP contribution is 2.30. The molecule has 0 amide bonds. The normalized spacial score (nSPS) is 21.8. The van der Waals surface area contributed by atoms with E-state index in [-0.39, 0.29) is 0 Å². The zero-order valence-corrected chi connectivity index (χ0v) is 13.6. The molecule has 0 radical (unpaired) electrons. The number of nitrogens with zero attached hydrogens (tertiary/aromatic N) is 2. The fourth-order valence-corrected chi connectivity index (χ4v) is 4.34. The number of piperidine rings is 1. The Bertz CT molecular complexity index is 429. The molecule has 1 aliphatic heterocycles. The molecular formula is C16H27N3S. The summed E-state index contributed by atoms with van der Waals surface area (Å²) in [6, 6.07) is 0.746. The van der Waals surface area contributed by atoms with Crippen molar-refractivity contribution in [1.82, 2.24) is 10.3 Å². The van der Waals surface area contributed by atoms with Crippen molar-refractivity contribution in [2.75, 3.05) is 18.0 Å². The van der Waals surface area contributed by atoms with Crippen LogP contribution in [0.3, 0.4) is 0 Å². The molecule has 1 saturated carbocycles. The number of aromatic nitrogens is 1. The first kappa shape index (κ1) is 14.3. The topological polar surface area (TPSA) is 28.2 Å². The summed E-state index contributed by atoms with van der Waals surface area (Å²) in [6.07, 6.45) is 8.14. The Labute approximate surface area is 126 Å². The predicted octanol–water partition coefficient (Wildman–Crippen LogP) is 3.72. The standard InChI is InChI=1S/C16H27N3S/c1-12-7-9-19(10-8-12)16-18-13(2)15(20-16)11-17-14-5-3-4-6-14/h12,14,17H,3-11H2,1-2H3. The predicted molar refractivity (Wildman–Crippen MR) is 86.6 cm³/mol. The van der Waals surface area contributed by atoms with E-state index in [2.05, 4.69) is 24.1 Å². The van der Waals surface area contributed by atoms with E-state index >= 15 is 0 Å². The molecule has 4 heteroatoms. The summed E-state index contributed by atoms with van der Waals surface area (Å²) in [6.45, 7) is 7.91. The molecule has 0 unspecified atom stereocenters. The molecule has 3 rings (SSSR count). The van der Waals surface area contributed by atoms with Gasteiger partial charge in [-0.25, -0.2) is 4.98 Å². The van der Waals surface area contributed by atoms with Gasteiger partial charge in [0, 0.05) is 30.6 Å². The third kappa shape index (κ3) is 3.34. The summed E-state index contributed by atoms with van der Waals surface area (Å²) >= 11 is 1.90. The third-order valence-electron chi connectivity index (χ3n) is 4.84. The van der Waals surface area contributed by atoms with Crippen LogP contribution in [0, 0.1) is 12.8 Å². The van der Waals surface area contributed by atoms with E-state index in [1.165, 1.54) is 67.3 Å². The highest BCUT2D eigenvalue weighted by atomic mass is 32.1. The lowest BCUT2D eigenvalue weighted by molar-refractivity contribution is 0.438. The minimum absolute atomic E-state index is 0.746. The molecule has 0 spiro atoms. The Balaban J connectivity index is 1.58. The van der Waals surface area contributed by atoms with Crippen molar-refractivity contribution in [3.8, 4) is 0 Å². The number of aryl methyl sites for hydroxylation is 1. The molecule has 1 saturated heterocycles. The summed E-state index contributed by atoms with van der Waals surface area (Å²) in [5, 5.41) is 4.96. The van der Waals surface area contributed by atoms with Gasteiger partial charge >= 0.3 is 0 Å². The fraction of sp³-hybridized carbons (Fsp3) is 0.812. The highest BCUT2D eigenvalue weighted by molar-refractivity contribution is 7.15. The summed E-state index contributed by atoms with van der Waals surface area (Å²) in [4.78, 5) is 8.73. The summed E-state index contributed by atoms with van der Waals surface area (Å²) in [5.74, 6) is 0.885. The van der Waals surface area contributed by atoms with Gasteiger partial charge in [-0.3, -0.25) is 0 Å². The lowest BCUT2D eigenvalue weighted by atomic mass is 10.00. The number of thiazole rings is 1. The van der Waals surface area contributed by atoms with E-state index in [1.54, 1.807) is 0 Å². The number of rotatable bonds is 4. The summed E-state index contributed by atoms with van der Waals surface area (Å²) in [7, 11) is 0. The van der Waals surface area contributed by atoms with Gasteiger partial charge in [0.15, 0.2) is 5.13 Å². The molecule has 1 aromatic heterocycles. The van der Waals surface area contributed by atoms with E-state index < -0.39 is 0 Å². The average Bonchev–Trinajstić information content (AvgIpc) is 3.07. The van der Waals surface area contributed by atoms with E-state index in [9.17, 15) is 0 Å². The third-order valence-corrected chi connectivity index (χ3v) is 6.06. The second-order valence-electron chi connectivity index (χ2n) is 6.54. The smallest absolute Gasteiger partial charge is 0.185 e. The van der Waals surface area contributed by atoms with Gasteiger partial charge in [0.25, 0.3) is 0 Å². The Morgan fingerprint density at radius 3 is 2.60 bits per heavy atom. The van der Waals surface area contributed by atoms with Crippen LogP contribution in [-0.4, -0.2) is 24.1 Å². The molecule has 2 aliphatic rings. The van der Waals surface area contributed by atoms with Crippen LogP contribution in [0.2, 0.25) is 0 Å². The number of anilines is 1. The van der Waals surface area contributed by atoms with E-state index in [0.717, 1.165) is 18.5 Å². The molecule has 3 nitrogen and oxygen atoms in total. The van der Waals surface area contributed by atoms with Crippen LogP contribution in [-0.2, 0) is 6.54 Å². The lowest BCUT2D eigenvalue weighted by Crippen LogP contribution is -2.32. The quantitative estimate of drug-likeness (QED) is 0.917. The van der Waals surface area contributed by atoms with Crippen molar-refractivity contribution >= 4 is 16.5 Å². The Kier molecular flexibility index (Phi) is 4.61. The lowest BCUT2D eigenvalue weighted by Gasteiger charge is -2.29. The first-order valence-corrected chi connectivity index (χ1v) is 8.98. The largest absolute Gasteiger partial charge is 0.348 e. The van der Waals surface area contributed by atoms with Crippen molar-refractivity contribution in [2.24, 2.45) is 5.92 Å². The van der Waals surface area contributed by atoms with Gasteiger partial charge in [0.05, 0.1) is 5.69 Å². The van der Waals surface area contributed by atoms with Gasteiger partial charge < -0.3 is 10.2 Å². The minimum Gasteiger partial charge on any atom is -0.348 e. The van der Waals surface area contributed by atoms with Gasteiger partial charge in [-0.1, -0.05) is 19.8 Å². The maximum atomic E-state index is 4.81. The van der Waals surface area contributed by atoms with Gasteiger partial charge in [0.1, 0.15) is 0 Å². The van der Waals surface area contributed by atoms with E-state index in [0.29, 0.717) is 0 Å².